The Morgan fingerprint density at radius 3 is 2.52 bits per heavy atom. The monoisotopic (exact) mass is 424 g/mol. The largest absolute Gasteiger partial charge is 0.494 e. The number of H-pyrrole nitrogens is 1. The minimum atomic E-state index is -0.874. The average Bonchev–Trinajstić information content (AvgIpc) is 2.70. The van der Waals surface area contributed by atoms with E-state index in [4.69, 9.17) is 4.74 Å². The SMILES string of the molecule is CCOc1ccc(-n2c(O)c(C=Nc3c(C)cc(C)cc3[N+](=O)[O-])c(=O)[nH]c2=O)cc1. The summed E-state index contributed by atoms with van der Waals surface area (Å²) in [5.41, 5.74) is -0.719. The van der Waals surface area contributed by atoms with E-state index in [1.165, 1.54) is 6.07 Å². The van der Waals surface area contributed by atoms with Crippen LogP contribution in [0.3, 0.4) is 0 Å². The summed E-state index contributed by atoms with van der Waals surface area (Å²) in [5.74, 6) is -0.0683. The number of nitrogens with zero attached hydrogens (tertiary/aromatic N) is 3. The van der Waals surface area contributed by atoms with E-state index in [1.807, 2.05) is 6.92 Å². The van der Waals surface area contributed by atoms with Crippen molar-refractivity contribution >= 4 is 17.6 Å². The van der Waals surface area contributed by atoms with Crippen LogP contribution in [-0.2, 0) is 0 Å². The van der Waals surface area contributed by atoms with Crippen molar-refractivity contribution in [3.63, 3.8) is 0 Å². The lowest BCUT2D eigenvalue weighted by atomic mass is 10.1. The van der Waals surface area contributed by atoms with Gasteiger partial charge in [0.15, 0.2) is 0 Å². The van der Waals surface area contributed by atoms with Crippen LogP contribution in [0.4, 0.5) is 11.4 Å². The van der Waals surface area contributed by atoms with Gasteiger partial charge in [0.05, 0.1) is 17.2 Å². The quantitative estimate of drug-likeness (QED) is 0.354. The van der Waals surface area contributed by atoms with Gasteiger partial charge in [0.25, 0.3) is 11.2 Å². The van der Waals surface area contributed by atoms with Crippen LogP contribution in [-0.4, -0.2) is 32.4 Å². The number of benzene rings is 2. The Labute approximate surface area is 176 Å². The summed E-state index contributed by atoms with van der Waals surface area (Å²) in [7, 11) is 0. The summed E-state index contributed by atoms with van der Waals surface area (Å²) in [6.07, 6.45) is 1.00. The Morgan fingerprint density at radius 1 is 1.23 bits per heavy atom. The maximum absolute atomic E-state index is 12.3. The Bertz CT molecular complexity index is 1290. The van der Waals surface area contributed by atoms with E-state index in [-0.39, 0.29) is 22.6 Å². The molecule has 160 valence electrons. The zero-order valence-electron chi connectivity index (χ0n) is 17.1. The standard InChI is InChI=1S/C21H20N4O6/c1-4-31-15-7-5-14(6-8-15)24-20(27)16(19(26)23-21(24)28)11-22-18-13(3)9-12(2)10-17(18)25(29)30/h5-11,27H,4H2,1-3H3,(H,23,26,28). The Balaban J connectivity index is 2.12. The van der Waals surface area contributed by atoms with Gasteiger partial charge in [-0.25, -0.2) is 14.4 Å². The molecule has 31 heavy (non-hydrogen) atoms. The zero-order valence-corrected chi connectivity index (χ0v) is 17.1. The summed E-state index contributed by atoms with van der Waals surface area (Å²) in [4.78, 5) is 41.6. The third-order valence-electron chi connectivity index (χ3n) is 4.47. The molecule has 10 heteroatoms. The summed E-state index contributed by atoms with van der Waals surface area (Å²) in [6, 6.07) is 9.39. The molecule has 0 amide bonds. The molecule has 2 N–H and O–H groups in total. The van der Waals surface area contributed by atoms with Gasteiger partial charge >= 0.3 is 5.69 Å². The minimum Gasteiger partial charge on any atom is -0.494 e. The first-order chi connectivity index (χ1) is 14.7. The van der Waals surface area contributed by atoms with E-state index in [0.717, 1.165) is 10.8 Å². The predicted molar refractivity (Wildman–Crippen MR) is 115 cm³/mol. The topological polar surface area (TPSA) is 140 Å². The number of hydrogen-bond acceptors (Lipinski definition) is 7. The van der Waals surface area contributed by atoms with E-state index in [9.17, 15) is 24.8 Å². The summed E-state index contributed by atoms with van der Waals surface area (Å²) in [6.45, 7) is 5.67. The number of nitro benzene ring substituents is 1. The molecule has 0 saturated carbocycles. The van der Waals surface area contributed by atoms with Crippen molar-refractivity contribution in [2.24, 2.45) is 4.99 Å². The van der Waals surface area contributed by atoms with Gasteiger partial charge in [0.1, 0.15) is 17.0 Å². The Hall–Kier alpha value is -4.21. The van der Waals surface area contributed by atoms with Gasteiger partial charge < -0.3 is 9.84 Å². The summed E-state index contributed by atoms with van der Waals surface area (Å²) in [5, 5.41) is 22.0. The van der Waals surface area contributed by atoms with Crippen LogP contribution in [0.25, 0.3) is 5.69 Å². The molecule has 0 saturated heterocycles. The van der Waals surface area contributed by atoms with Crippen molar-refractivity contribution in [3.05, 3.63) is 84.0 Å². The normalized spacial score (nSPS) is 11.1. The van der Waals surface area contributed by atoms with Crippen LogP contribution < -0.4 is 16.0 Å². The van der Waals surface area contributed by atoms with Gasteiger partial charge in [-0.1, -0.05) is 6.07 Å². The van der Waals surface area contributed by atoms with Gasteiger partial charge in [-0.2, -0.15) is 0 Å². The fourth-order valence-electron chi connectivity index (χ4n) is 3.13. The van der Waals surface area contributed by atoms with Crippen LogP contribution in [0.5, 0.6) is 11.6 Å². The number of aryl methyl sites for hydroxylation is 2. The van der Waals surface area contributed by atoms with Crippen LogP contribution in [0.15, 0.2) is 51.0 Å². The van der Waals surface area contributed by atoms with E-state index >= 15 is 0 Å². The van der Waals surface area contributed by atoms with Gasteiger partial charge in [-0.15, -0.1) is 0 Å². The van der Waals surface area contributed by atoms with Crippen molar-refractivity contribution in [1.29, 1.82) is 0 Å². The Kier molecular flexibility index (Phi) is 6.00. The molecule has 0 aliphatic rings. The van der Waals surface area contributed by atoms with Crippen LogP contribution in [0.1, 0.15) is 23.6 Å². The second-order valence-corrected chi connectivity index (χ2v) is 6.72. The number of rotatable bonds is 6. The first kappa shape index (κ1) is 21.5. The lowest BCUT2D eigenvalue weighted by molar-refractivity contribution is -0.384. The molecule has 0 aliphatic carbocycles. The molecular weight excluding hydrogens is 404 g/mol. The lowest BCUT2D eigenvalue weighted by Gasteiger charge is -2.10. The van der Waals surface area contributed by atoms with Crippen LogP contribution >= 0.6 is 0 Å². The molecule has 10 nitrogen and oxygen atoms in total. The lowest BCUT2D eigenvalue weighted by Crippen LogP contribution is -2.31. The van der Waals surface area contributed by atoms with Gasteiger partial charge in [0.2, 0.25) is 5.88 Å². The van der Waals surface area contributed by atoms with Gasteiger partial charge in [0, 0.05) is 12.3 Å². The molecule has 2 aromatic carbocycles. The van der Waals surface area contributed by atoms with Crippen molar-refractivity contribution < 1.29 is 14.8 Å². The van der Waals surface area contributed by atoms with Crippen LogP contribution in [0, 0.1) is 24.0 Å². The molecule has 0 atom stereocenters. The van der Waals surface area contributed by atoms with Crippen molar-refractivity contribution in [2.75, 3.05) is 6.61 Å². The average molecular weight is 424 g/mol. The van der Waals surface area contributed by atoms with Crippen molar-refractivity contribution in [3.8, 4) is 17.3 Å². The van der Waals surface area contributed by atoms with E-state index in [0.29, 0.717) is 23.5 Å². The molecular formula is C21H20N4O6. The fraction of sp³-hybridized carbons (Fsp3) is 0.190. The van der Waals surface area contributed by atoms with E-state index in [1.54, 1.807) is 44.2 Å². The second kappa shape index (κ2) is 8.66. The Morgan fingerprint density at radius 2 is 1.90 bits per heavy atom. The van der Waals surface area contributed by atoms with E-state index < -0.39 is 22.1 Å². The molecule has 1 heterocycles. The highest BCUT2D eigenvalue weighted by molar-refractivity contribution is 5.86. The molecule has 0 unspecified atom stereocenters. The highest BCUT2D eigenvalue weighted by atomic mass is 16.6. The number of hydrogen-bond donors (Lipinski definition) is 2. The maximum Gasteiger partial charge on any atom is 0.335 e. The van der Waals surface area contributed by atoms with Gasteiger partial charge in [-0.3, -0.25) is 19.9 Å². The zero-order chi connectivity index (χ0) is 22.7. The third-order valence-corrected chi connectivity index (χ3v) is 4.47. The fourth-order valence-corrected chi connectivity index (χ4v) is 3.13. The molecule has 0 aliphatic heterocycles. The maximum atomic E-state index is 12.3. The van der Waals surface area contributed by atoms with Gasteiger partial charge in [-0.05, 0) is 56.2 Å². The third kappa shape index (κ3) is 4.37. The molecule has 3 aromatic rings. The first-order valence-corrected chi connectivity index (χ1v) is 9.34. The molecule has 0 spiro atoms. The summed E-state index contributed by atoms with van der Waals surface area (Å²) < 4.78 is 6.25. The number of ether oxygens (including phenoxy) is 1. The number of aliphatic imine (C=N–C) groups is 1. The van der Waals surface area contributed by atoms with Crippen molar-refractivity contribution in [1.82, 2.24) is 9.55 Å². The molecule has 0 fully saturated rings. The minimum absolute atomic E-state index is 0.0493. The van der Waals surface area contributed by atoms with Crippen LogP contribution in [0.2, 0.25) is 0 Å². The second-order valence-electron chi connectivity index (χ2n) is 6.72. The molecule has 3 rings (SSSR count). The molecule has 1 aromatic heterocycles. The highest BCUT2D eigenvalue weighted by Gasteiger charge is 2.18. The van der Waals surface area contributed by atoms with Crippen molar-refractivity contribution in [2.45, 2.75) is 20.8 Å². The number of aromatic hydroxyl groups is 1. The number of aromatic nitrogens is 2. The smallest absolute Gasteiger partial charge is 0.335 e. The summed E-state index contributed by atoms with van der Waals surface area (Å²) >= 11 is 0. The molecule has 0 bridgehead atoms. The highest BCUT2D eigenvalue weighted by Crippen LogP contribution is 2.32. The predicted octanol–water partition coefficient (Wildman–Crippen LogP) is 2.91. The molecule has 0 radical (unpaired) electrons. The van der Waals surface area contributed by atoms with E-state index in [2.05, 4.69) is 9.98 Å². The first-order valence-electron chi connectivity index (χ1n) is 9.34. The number of nitro groups is 1. The number of aromatic amines is 1. The number of nitrogens with one attached hydrogen (secondary N) is 1.